The van der Waals surface area contributed by atoms with Gasteiger partial charge in [0.15, 0.2) is 0 Å². The van der Waals surface area contributed by atoms with Gasteiger partial charge in [-0.1, -0.05) is 64.7 Å². The zero-order valence-corrected chi connectivity index (χ0v) is 13.8. The van der Waals surface area contributed by atoms with Crippen molar-refractivity contribution < 1.29 is 17.7 Å². The van der Waals surface area contributed by atoms with Crippen LogP contribution in [0.25, 0.3) is 0 Å². The van der Waals surface area contributed by atoms with Crippen molar-refractivity contribution in [1.29, 1.82) is 0 Å². The monoisotopic (exact) mass is 334 g/mol. The molecule has 0 fully saturated rings. The highest BCUT2D eigenvalue weighted by Gasteiger charge is 2.09. The van der Waals surface area contributed by atoms with Crippen molar-refractivity contribution in [3.63, 3.8) is 0 Å². The van der Waals surface area contributed by atoms with E-state index in [2.05, 4.69) is 6.92 Å². The fraction of sp³-hybridized carbons (Fsp3) is 1.00. The van der Waals surface area contributed by atoms with Gasteiger partial charge in [0, 0.05) is 6.61 Å². The molecule has 0 amide bonds. The van der Waals surface area contributed by atoms with Gasteiger partial charge in [-0.25, -0.2) is 0 Å². The Kier molecular flexibility index (Phi) is 19.3. The second-order valence-corrected chi connectivity index (χ2v) is 7.10. The summed E-state index contributed by atoms with van der Waals surface area (Å²) in [4.78, 5) is 0. The van der Waals surface area contributed by atoms with Gasteiger partial charge in [-0.2, -0.15) is 8.42 Å². The van der Waals surface area contributed by atoms with Crippen LogP contribution in [0.5, 0.6) is 0 Å². The van der Waals surface area contributed by atoms with Gasteiger partial charge in [-0.15, -0.1) is 0 Å². The lowest BCUT2D eigenvalue weighted by Gasteiger charge is -2.05. The number of hydrogen-bond acceptors (Lipinski definition) is 4. The molecule has 21 heavy (non-hydrogen) atoms. The van der Waals surface area contributed by atoms with E-state index in [4.69, 9.17) is 9.29 Å². The molecule has 0 aliphatic carbocycles. The van der Waals surface area contributed by atoms with Crippen LogP contribution in [0, 0.1) is 0 Å². The largest absolute Gasteiger partial charge is 0.396 e. The summed E-state index contributed by atoms with van der Waals surface area (Å²) in [5.74, 6) is 0.106. The molecule has 126 valence electrons. The zero-order chi connectivity index (χ0) is 15.1. The van der Waals surface area contributed by atoms with Crippen molar-refractivity contribution >= 4 is 33.2 Å². The molecule has 0 atom stereocenters. The van der Waals surface area contributed by atoms with Gasteiger partial charge in [-0.05, 0) is 12.8 Å². The third-order valence-corrected chi connectivity index (χ3v) is 4.63. The summed E-state index contributed by atoms with van der Waals surface area (Å²) in [5, 5.41) is 8.55. The second kappa shape index (κ2) is 17.0. The summed E-state index contributed by atoms with van der Waals surface area (Å²) >= 11 is 0. The maximum atomic E-state index is 11.4. The van der Waals surface area contributed by atoms with E-state index in [9.17, 15) is 8.42 Å². The highest BCUT2D eigenvalue weighted by Crippen LogP contribution is 2.11. The molecule has 0 unspecified atom stereocenters. The first kappa shape index (κ1) is 23.9. The molecule has 0 saturated heterocycles. The van der Waals surface area contributed by atoms with E-state index in [0.29, 0.717) is 12.8 Å². The van der Waals surface area contributed by atoms with E-state index in [1.807, 2.05) is 0 Å². The Bertz CT molecular complexity index is 294. The highest BCUT2D eigenvalue weighted by molar-refractivity contribution is 7.86. The number of rotatable bonds is 15. The summed E-state index contributed by atoms with van der Waals surface area (Å²) in [6.45, 7) is 2.28. The Labute approximate surface area is 147 Å². The fourth-order valence-corrected chi connectivity index (χ4v) is 3.12. The lowest BCUT2D eigenvalue weighted by Crippen LogP contribution is -2.12. The molecule has 0 aliphatic rings. The van der Waals surface area contributed by atoms with Gasteiger partial charge >= 0.3 is 23.1 Å². The molecular weight excluding hydrogens is 301 g/mol. The minimum Gasteiger partial charge on any atom is -0.396 e. The third-order valence-electron chi connectivity index (χ3n) is 3.31. The maximum Gasteiger partial charge on any atom is 0.316 e. The Balaban J connectivity index is 0. The molecule has 0 aromatic heterocycles. The number of aliphatic hydroxyl groups excluding tert-OH is 1. The van der Waals surface area contributed by atoms with Crippen LogP contribution in [-0.2, 0) is 14.3 Å². The predicted octanol–water partition coefficient (Wildman–Crippen LogP) is 2.72. The summed E-state index contributed by atoms with van der Waals surface area (Å²) in [6.07, 6.45) is 12.2. The molecule has 0 aromatic carbocycles. The van der Waals surface area contributed by atoms with Crippen molar-refractivity contribution in [3.8, 4) is 0 Å². The van der Waals surface area contributed by atoms with Crippen molar-refractivity contribution in [2.75, 3.05) is 19.0 Å². The van der Waals surface area contributed by atoms with Crippen molar-refractivity contribution in [2.45, 2.75) is 77.6 Å². The molecule has 0 bridgehead atoms. The SMILES string of the molecule is CCCCCCCCCCCCS(=O)(=O)OCCCO.[MgH2]. The molecule has 1 N–H and O–H groups in total. The standard InChI is InChI=1S/C15H32O4S.Mg.2H/c1-2-3-4-5-6-7-8-9-10-11-15-20(17,18)19-14-12-13-16;;;/h16H,2-15H2,1H3;;;. The van der Waals surface area contributed by atoms with E-state index in [0.717, 1.165) is 12.8 Å². The maximum absolute atomic E-state index is 11.4. The van der Waals surface area contributed by atoms with Crippen LogP contribution >= 0.6 is 0 Å². The summed E-state index contributed by atoms with van der Waals surface area (Å²) in [5.41, 5.74) is 0. The Morgan fingerprint density at radius 3 is 1.76 bits per heavy atom. The molecule has 0 radical (unpaired) electrons. The van der Waals surface area contributed by atoms with Crippen LogP contribution in [0.15, 0.2) is 0 Å². The van der Waals surface area contributed by atoms with Gasteiger partial charge in [0.2, 0.25) is 0 Å². The summed E-state index contributed by atoms with van der Waals surface area (Å²) in [7, 11) is -3.37. The molecule has 0 aliphatic heterocycles. The molecule has 0 aromatic rings. The number of aliphatic hydroxyl groups is 1. The van der Waals surface area contributed by atoms with Crippen LogP contribution in [0.4, 0.5) is 0 Å². The van der Waals surface area contributed by atoms with Gasteiger partial charge in [0.25, 0.3) is 10.1 Å². The predicted molar refractivity (Wildman–Crippen MR) is 91.8 cm³/mol. The second-order valence-electron chi connectivity index (χ2n) is 5.34. The van der Waals surface area contributed by atoms with Crippen LogP contribution < -0.4 is 0 Å². The zero-order valence-electron chi connectivity index (χ0n) is 13.0. The van der Waals surface area contributed by atoms with Crippen molar-refractivity contribution in [1.82, 2.24) is 0 Å². The van der Waals surface area contributed by atoms with E-state index in [-0.39, 0.29) is 42.0 Å². The number of hydrogen-bond donors (Lipinski definition) is 1. The number of unbranched alkanes of at least 4 members (excludes halogenated alkanes) is 9. The van der Waals surface area contributed by atoms with Crippen LogP contribution in [0.1, 0.15) is 77.6 Å². The van der Waals surface area contributed by atoms with E-state index < -0.39 is 10.1 Å². The minimum atomic E-state index is -3.37. The summed E-state index contributed by atoms with van der Waals surface area (Å²) < 4.78 is 27.6. The molecule has 0 spiro atoms. The van der Waals surface area contributed by atoms with Gasteiger partial charge in [0.1, 0.15) is 0 Å². The quantitative estimate of drug-likeness (QED) is 0.284. The molecule has 6 heteroatoms. The Hall–Kier alpha value is 0.636. The molecule has 0 saturated carbocycles. The van der Waals surface area contributed by atoms with E-state index in [1.165, 1.54) is 44.9 Å². The minimum absolute atomic E-state index is 0. The van der Waals surface area contributed by atoms with Gasteiger partial charge in [-0.3, -0.25) is 4.18 Å². The van der Waals surface area contributed by atoms with Gasteiger partial charge < -0.3 is 5.11 Å². The fourth-order valence-electron chi connectivity index (χ4n) is 2.08. The first-order valence-electron chi connectivity index (χ1n) is 8.10. The molecule has 0 rings (SSSR count). The van der Waals surface area contributed by atoms with Crippen LogP contribution in [0.3, 0.4) is 0 Å². The smallest absolute Gasteiger partial charge is 0.316 e. The van der Waals surface area contributed by atoms with E-state index in [1.54, 1.807) is 0 Å². The molecule has 0 heterocycles. The topological polar surface area (TPSA) is 63.6 Å². The first-order chi connectivity index (χ1) is 9.62. The van der Waals surface area contributed by atoms with Gasteiger partial charge in [0.05, 0.1) is 12.4 Å². The summed E-state index contributed by atoms with van der Waals surface area (Å²) in [6, 6.07) is 0. The van der Waals surface area contributed by atoms with Crippen molar-refractivity contribution in [3.05, 3.63) is 0 Å². The molecule has 4 nitrogen and oxygen atoms in total. The molecular formula is C15H34MgO4S. The normalized spacial score (nSPS) is 11.3. The average molecular weight is 335 g/mol. The van der Waals surface area contributed by atoms with Crippen molar-refractivity contribution in [2.24, 2.45) is 0 Å². The third kappa shape index (κ3) is 18.6. The van der Waals surface area contributed by atoms with Crippen LogP contribution in [-0.4, -0.2) is 55.5 Å². The van der Waals surface area contributed by atoms with E-state index >= 15 is 0 Å². The van der Waals surface area contributed by atoms with Crippen LogP contribution in [0.2, 0.25) is 0 Å². The first-order valence-corrected chi connectivity index (χ1v) is 9.68. The highest BCUT2D eigenvalue weighted by atomic mass is 32.2. The Morgan fingerprint density at radius 2 is 1.29 bits per heavy atom. The lowest BCUT2D eigenvalue weighted by atomic mass is 10.1. The lowest BCUT2D eigenvalue weighted by molar-refractivity contribution is 0.236. The average Bonchev–Trinajstić information content (AvgIpc) is 2.41. The Morgan fingerprint density at radius 1 is 0.810 bits per heavy atom.